The van der Waals surface area contributed by atoms with E-state index in [4.69, 9.17) is 56.2 Å². The topological polar surface area (TPSA) is 63.6 Å². The zero-order chi connectivity index (χ0) is 18.7. The van der Waals surface area contributed by atoms with Gasteiger partial charge in [-0.3, -0.25) is 0 Å². The van der Waals surface area contributed by atoms with Crippen molar-refractivity contribution in [1.29, 1.82) is 0 Å². The number of carbonyl (C=O) groups is 2. The first-order chi connectivity index (χ1) is 11.7. The Labute approximate surface area is 163 Å². The highest BCUT2D eigenvalue weighted by atomic mass is 35.5. The van der Waals surface area contributed by atoms with E-state index in [1.807, 2.05) is 0 Å². The van der Waals surface area contributed by atoms with Gasteiger partial charge in [0.05, 0.1) is 20.6 Å². The molecule has 0 radical (unpaired) electrons. The molecule has 0 atom stereocenters. The van der Waals surface area contributed by atoms with Gasteiger partial charge in [0, 0.05) is 16.2 Å². The summed E-state index contributed by atoms with van der Waals surface area (Å²) in [5, 5.41) is 9.84. The van der Waals surface area contributed by atoms with Crippen LogP contribution in [0.4, 0.5) is 0 Å². The fraction of sp³-hybridized carbons (Fsp3) is 0.0588. The van der Waals surface area contributed by atoms with Crippen LogP contribution in [-0.2, 0) is 4.79 Å². The number of carbonyl (C=O) groups excluding carboxylic acids is 1. The van der Waals surface area contributed by atoms with Crippen LogP contribution in [0.5, 0.6) is 5.75 Å². The Morgan fingerprint density at radius 2 is 1.68 bits per heavy atom. The summed E-state index contributed by atoms with van der Waals surface area (Å²) in [6, 6.07) is 7.08. The molecule has 25 heavy (non-hydrogen) atoms. The number of benzene rings is 2. The van der Waals surface area contributed by atoms with Crippen molar-refractivity contribution < 1.29 is 19.4 Å². The van der Waals surface area contributed by atoms with E-state index in [9.17, 15) is 9.59 Å². The first-order valence-electron chi connectivity index (χ1n) is 6.77. The lowest BCUT2D eigenvalue weighted by Crippen LogP contribution is -2.10. The summed E-state index contributed by atoms with van der Waals surface area (Å²) in [4.78, 5) is 23.4. The van der Waals surface area contributed by atoms with Crippen LogP contribution in [0, 0.1) is 0 Å². The van der Waals surface area contributed by atoms with Crippen LogP contribution in [0.25, 0.3) is 6.08 Å². The standard InChI is InChI=1S/C17H10Cl4O4/c1-8(16(22)23)4-10-5-11(18)7-14(21)15(10)25-17(24)9-2-3-12(19)13(20)6-9/h2-7H,1H3,(H,22,23)/b8-4+. The number of hydrogen-bond donors (Lipinski definition) is 1. The highest BCUT2D eigenvalue weighted by Crippen LogP contribution is 2.35. The normalized spacial score (nSPS) is 11.3. The average Bonchev–Trinajstić information content (AvgIpc) is 2.52. The van der Waals surface area contributed by atoms with Gasteiger partial charge in [0.25, 0.3) is 0 Å². The largest absolute Gasteiger partial charge is 0.478 e. The highest BCUT2D eigenvalue weighted by Gasteiger charge is 2.17. The fourth-order valence-corrected chi connectivity index (χ4v) is 2.71. The molecule has 2 aromatic rings. The Morgan fingerprint density at radius 3 is 2.28 bits per heavy atom. The first-order valence-corrected chi connectivity index (χ1v) is 8.28. The van der Waals surface area contributed by atoms with Crippen molar-refractivity contribution in [1.82, 2.24) is 0 Å². The van der Waals surface area contributed by atoms with E-state index in [-0.39, 0.29) is 37.5 Å². The van der Waals surface area contributed by atoms with Crippen molar-refractivity contribution in [3.05, 3.63) is 67.1 Å². The molecule has 130 valence electrons. The van der Waals surface area contributed by atoms with Gasteiger partial charge in [-0.05, 0) is 43.3 Å². The first kappa shape index (κ1) is 19.6. The second kappa shape index (κ2) is 8.11. The molecular weight excluding hydrogens is 410 g/mol. The van der Waals surface area contributed by atoms with Crippen LogP contribution < -0.4 is 4.74 Å². The number of esters is 1. The molecule has 2 aromatic carbocycles. The minimum atomic E-state index is -1.13. The van der Waals surface area contributed by atoms with Gasteiger partial charge in [-0.2, -0.15) is 0 Å². The highest BCUT2D eigenvalue weighted by molar-refractivity contribution is 6.42. The molecule has 0 aliphatic carbocycles. The van der Waals surface area contributed by atoms with Crippen LogP contribution in [-0.4, -0.2) is 17.0 Å². The quantitative estimate of drug-likeness (QED) is 0.374. The molecule has 8 heteroatoms. The van der Waals surface area contributed by atoms with Crippen molar-refractivity contribution in [3.63, 3.8) is 0 Å². The minimum Gasteiger partial charge on any atom is -0.478 e. The van der Waals surface area contributed by atoms with Gasteiger partial charge < -0.3 is 9.84 Å². The number of carboxylic acids is 1. The van der Waals surface area contributed by atoms with Gasteiger partial charge in [-0.25, -0.2) is 9.59 Å². The molecule has 0 aromatic heterocycles. The van der Waals surface area contributed by atoms with Crippen LogP contribution in [0.3, 0.4) is 0 Å². The zero-order valence-electron chi connectivity index (χ0n) is 12.6. The Hall–Kier alpha value is -1.72. The number of aliphatic carboxylic acids is 1. The van der Waals surface area contributed by atoms with Crippen LogP contribution >= 0.6 is 46.4 Å². The Morgan fingerprint density at radius 1 is 1.00 bits per heavy atom. The molecular formula is C17H10Cl4O4. The number of ether oxygens (including phenoxy) is 1. The summed E-state index contributed by atoms with van der Waals surface area (Å²) < 4.78 is 5.32. The molecule has 0 aliphatic rings. The third-order valence-corrected chi connectivity index (χ3v) is 4.33. The maximum Gasteiger partial charge on any atom is 0.343 e. The van der Waals surface area contributed by atoms with Crippen LogP contribution in [0.15, 0.2) is 35.9 Å². The van der Waals surface area contributed by atoms with E-state index >= 15 is 0 Å². The van der Waals surface area contributed by atoms with Crippen molar-refractivity contribution in [2.24, 2.45) is 0 Å². The third-order valence-electron chi connectivity index (χ3n) is 3.10. The molecule has 0 unspecified atom stereocenters. The van der Waals surface area contributed by atoms with Crippen LogP contribution in [0.1, 0.15) is 22.8 Å². The summed E-state index contributed by atoms with van der Waals surface area (Å²) in [6.45, 7) is 1.39. The molecule has 0 aliphatic heterocycles. The lowest BCUT2D eigenvalue weighted by atomic mass is 10.1. The van der Waals surface area contributed by atoms with Gasteiger partial charge in [0.1, 0.15) is 0 Å². The van der Waals surface area contributed by atoms with E-state index < -0.39 is 11.9 Å². The predicted octanol–water partition coefficient (Wildman–Crippen LogP) is 6.01. The fourth-order valence-electron chi connectivity index (χ4n) is 1.86. The molecule has 0 bridgehead atoms. The third kappa shape index (κ3) is 4.89. The van der Waals surface area contributed by atoms with E-state index in [2.05, 4.69) is 0 Å². The minimum absolute atomic E-state index is 0.0114. The van der Waals surface area contributed by atoms with Gasteiger partial charge in [-0.15, -0.1) is 0 Å². The van der Waals surface area contributed by atoms with Gasteiger partial charge in [-0.1, -0.05) is 46.4 Å². The number of rotatable bonds is 4. The maximum absolute atomic E-state index is 12.3. The number of carboxylic acid groups (broad SMARTS) is 1. The van der Waals surface area contributed by atoms with E-state index in [1.54, 1.807) is 0 Å². The summed E-state index contributed by atoms with van der Waals surface area (Å²) in [5.41, 5.74) is 0.432. The molecule has 1 N–H and O–H groups in total. The monoisotopic (exact) mass is 418 g/mol. The van der Waals surface area contributed by atoms with Crippen molar-refractivity contribution in [2.75, 3.05) is 0 Å². The maximum atomic E-state index is 12.3. The number of halogens is 4. The molecule has 0 fully saturated rings. The smallest absolute Gasteiger partial charge is 0.343 e. The van der Waals surface area contributed by atoms with Gasteiger partial charge >= 0.3 is 11.9 Å². The molecule has 4 nitrogen and oxygen atoms in total. The summed E-state index contributed by atoms with van der Waals surface area (Å²) in [5.74, 6) is -1.87. The van der Waals surface area contributed by atoms with Crippen molar-refractivity contribution in [3.8, 4) is 5.75 Å². The van der Waals surface area contributed by atoms with Crippen LogP contribution in [0.2, 0.25) is 20.1 Å². The van der Waals surface area contributed by atoms with E-state index in [0.717, 1.165) is 0 Å². The molecule has 0 heterocycles. The molecule has 0 amide bonds. The second-order valence-corrected chi connectivity index (χ2v) is 6.61. The van der Waals surface area contributed by atoms with E-state index in [1.165, 1.54) is 43.3 Å². The molecule has 0 spiro atoms. The number of hydrogen-bond acceptors (Lipinski definition) is 3. The SMILES string of the molecule is C/C(=C\c1cc(Cl)cc(Cl)c1OC(=O)c1ccc(Cl)c(Cl)c1)C(=O)O. The Bertz CT molecular complexity index is 890. The van der Waals surface area contributed by atoms with Gasteiger partial charge in [0.15, 0.2) is 5.75 Å². The molecule has 0 saturated carbocycles. The molecule has 0 saturated heterocycles. The zero-order valence-corrected chi connectivity index (χ0v) is 15.7. The summed E-state index contributed by atoms with van der Waals surface area (Å²) in [6.07, 6.45) is 1.30. The lowest BCUT2D eigenvalue weighted by Gasteiger charge is -2.11. The Kier molecular flexibility index (Phi) is 6.36. The molecule has 2 rings (SSSR count). The van der Waals surface area contributed by atoms with E-state index in [0.29, 0.717) is 5.02 Å². The Balaban J connectivity index is 2.44. The lowest BCUT2D eigenvalue weighted by molar-refractivity contribution is -0.132. The van der Waals surface area contributed by atoms with Crippen molar-refractivity contribution in [2.45, 2.75) is 6.92 Å². The van der Waals surface area contributed by atoms with Gasteiger partial charge in [0.2, 0.25) is 0 Å². The summed E-state index contributed by atoms with van der Waals surface area (Å²) >= 11 is 23.8. The average molecular weight is 420 g/mol. The predicted molar refractivity (Wildman–Crippen MR) is 99.2 cm³/mol. The van der Waals surface area contributed by atoms with Crippen molar-refractivity contribution >= 4 is 64.4 Å². The summed E-state index contributed by atoms with van der Waals surface area (Å²) in [7, 11) is 0. The second-order valence-electron chi connectivity index (χ2n) is 4.96.